The average Bonchev–Trinajstić information content (AvgIpc) is 2.79. The van der Waals surface area contributed by atoms with Gasteiger partial charge in [0.1, 0.15) is 0 Å². The number of benzene rings is 2. The van der Waals surface area contributed by atoms with E-state index in [-0.39, 0.29) is 0 Å². The molecule has 3 aromatic rings. The van der Waals surface area contributed by atoms with Gasteiger partial charge < -0.3 is 10.3 Å². The Hall–Kier alpha value is -1.56. The summed E-state index contributed by atoms with van der Waals surface area (Å²) in [5.41, 5.74) is 4.16. The van der Waals surface area contributed by atoms with Gasteiger partial charge in [-0.3, -0.25) is 0 Å². The van der Waals surface area contributed by atoms with Gasteiger partial charge in [0, 0.05) is 14.9 Å². The molecule has 1 aromatic heterocycles. The van der Waals surface area contributed by atoms with Crippen molar-refractivity contribution in [2.45, 2.75) is 0 Å². The monoisotopic (exact) mass is 335 g/mol. The van der Waals surface area contributed by atoms with Gasteiger partial charge in [-0.1, -0.05) is 0 Å². The molecule has 4 heteroatoms. The highest BCUT2D eigenvalue weighted by atomic mass is 127. The summed E-state index contributed by atoms with van der Waals surface area (Å²) in [4.78, 5) is 7.32. The molecule has 0 saturated heterocycles. The lowest BCUT2D eigenvalue weighted by atomic mass is 10.2. The van der Waals surface area contributed by atoms with Crippen molar-refractivity contribution in [1.29, 1.82) is 0 Å². The maximum absolute atomic E-state index is 4.24. The molecule has 1 heterocycles. The third kappa shape index (κ3) is 2.26. The Bertz CT molecular complexity index is 643. The number of hydrogen-bond donors (Lipinski definition) is 2. The zero-order valence-corrected chi connectivity index (χ0v) is 11.1. The maximum Gasteiger partial charge on any atom is 0.0931 e. The summed E-state index contributed by atoms with van der Waals surface area (Å²) in [6, 6.07) is 14.4. The molecule has 3 nitrogen and oxygen atoms in total. The van der Waals surface area contributed by atoms with Crippen LogP contribution < -0.4 is 5.32 Å². The van der Waals surface area contributed by atoms with Gasteiger partial charge in [0.05, 0.1) is 17.4 Å². The van der Waals surface area contributed by atoms with E-state index in [9.17, 15) is 0 Å². The van der Waals surface area contributed by atoms with E-state index < -0.39 is 0 Å². The quantitative estimate of drug-likeness (QED) is 0.697. The number of halogens is 1. The molecule has 0 saturated carbocycles. The van der Waals surface area contributed by atoms with Gasteiger partial charge in [-0.15, -0.1) is 0 Å². The molecule has 0 radical (unpaired) electrons. The van der Waals surface area contributed by atoms with Crippen molar-refractivity contribution < 1.29 is 0 Å². The lowest BCUT2D eigenvalue weighted by Crippen LogP contribution is -1.89. The Morgan fingerprint density at radius 2 is 1.76 bits per heavy atom. The predicted molar refractivity (Wildman–Crippen MR) is 78.5 cm³/mol. The van der Waals surface area contributed by atoms with Crippen molar-refractivity contribution in [1.82, 2.24) is 9.97 Å². The van der Waals surface area contributed by atoms with Crippen molar-refractivity contribution in [3.05, 3.63) is 52.4 Å². The number of hydrogen-bond acceptors (Lipinski definition) is 2. The Morgan fingerprint density at radius 3 is 2.59 bits per heavy atom. The highest BCUT2D eigenvalue weighted by Crippen LogP contribution is 2.20. The van der Waals surface area contributed by atoms with Gasteiger partial charge in [-0.2, -0.15) is 0 Å². The van der Waals surface area contributed by atoms with E-state index in [2.05, 4.69) is 62.1 Å². The standard InChI is InChI=1S/C13H10IN3/c14-9-1-3-10(4-2-9)17-11-5-6-12-13(7-11)16-8-15-12/h1-8,17H,(H,15,16). The fraction of sp³-hybridized carbons (Fsp3) is 0. The van der Waals surface area contributed by atoms with E-state index in [1.807, 2.05) is 18.2 Å². The van der Waals surface area contributed by atoms with Crippen molar-refractivity contribution >= 4 is 45.0 Å². The summed E-state index contributed by atoms with van der Waals surface area (Å²) < 4.78 is 1.23. The number of aromatic nitrogens is 2. The van der Waals surface area contributed by atoms with Crippen LogP contribution in [0.5, 0.6) is 0 Å². The fourth-order valence-corrected chi connectivity index (χ4v) is 2.07. The molecule has 84 valence electrons. The first-order valence-electron chi connectivity index (χ1n) is 5.27. The van der Waals surface area contributed by atoms with Gasteiger partial charge in [0.2, 0.25) is 0 Å². The third-order valence-corrected chi connectivity index (χ3v) is 3.27. The van der Waals surface area contributed by atoms with E-state index in [0.717, 1.165) is 22.4 Å². The first-order valence-corrected chi connectivity index (χ1v) is 6.35. The number of nitrogens with zero attached hydrogens (tertiary/aromatic N) is 1. The second-order valence-electron chi connectivity index (χ2n) is 3.77. The normalized spacial score (nSPS) is 10.6. The van der Waals surface area contributed by atoms with Crippen LogP contribution in [0.3, 0.4) is 0 Å². The van der Waals surface area contributed by atoms with Crippen LogP contribution in [0.15, 0.2) is 48.8 Å². The van der Waals surface area contributed by atoms with Gasteiger partial charge in [0.25, 0.3) is 0 Å². The molecule has 2 aromatic carbocycles. The van der Waals surface area contributed by atoms with Crippen LogP contribution in [0.1, 0.15) is 0 Å². The molecule has 17 heavy (non-hydrogen) atoms. The number of anilines is 2. The average molecular weight is 335 g/mol. The lowest BCUT2D eigenvalue weighted by molar-refractivity contribution is 1.34. The highest BCUT2D eigenvalue weighted by molar-refractivity contribution is 14.1. The SMILES string of the molecule is Ic1ccc(Nc2ccc3[nH]cnc3c2)cc1. The molecule has 0 fully saturated rings. The van der Waals surface area contributed by atoms with E-state index in [4.69, 9.17) is 0 Å². The molecule has 0 amide bonds. The van der Waals surface area contributed by atoms with Gasteiger partial charge >= 0.3 is 0 Å². The first-order chi connectivity index (χ1) is 8.31. The van der Waals surface area contributed by atoms with Gasteiger partial charge in [0.15, 0.2) is 0 Å². The van der Waals surface area contributed by atoms with Crippen molar-refractivity contribution in [3.63, 3.8) is 0 Å². The summed E-state index contributed by atoms with van der Waals surface area (Å²) >= 11 is 2.30. The molecule has 2 N–H and O–H groups in total. The van der Waals surface area contributed by atoms with Crippen molar-refractivity contribution in [2.75, 3.05) is 5.32 Å². The number of nitrogens with one attached hydrogen (secondary N) is 2. The van der Waals surface area contributed by atoms with E-state index in [1.54, 1.807) is 6.33 Å². The number of rotatable bonds is 2. The zero-order valence-electron chi connectivity index (χ0n) is 8.94. The Balaban J connectivity index is 1.91. The van der Waals surface area contributed by atoms with Gasteiger partial charge in [-0.05, 0) is 65.1 Å². The first kappa shape index (κ1) is 10.6. The Kier molecular flexibility index (Phi) is 2.72. The topological polar surface area (TPSA) is 40.7 Å². The van der Waals surface area contributed by atoms with Crippen LogP contribution in [0, 0.1) is 3.57 Å². The maximum atomic E-state index is 4.24. The minimum absolute atomic E-state index is 0.973. The molecule has 0 aliphatic heterocycles. The summed E-state index contributed by atoms with van der Waals surface area (Å²) in [6.07, 6.45) is 1.71. The minimum Gasteiger partial charge on any atom is -0.355 e. The van der Waals surface area contributed by atoms with Crippen LogP contribution in [0.25, 0.3) is 11.0 Å². The zero-order chi connectivity index (χ0) is 11.7. The predicted octanol–water partition coefficient (Wildman–Crippen LogP) is 3.91. The molecule has 0 bridgehead atoms. The number of H-pyrrole nitrogens is 1. The second-order valence-corrected chi connectivity index (χ2v) is 5.01. The minimum atomic E-state index is 0.973. The highest BCUT2D eigenvalue weighted by Gasteiger charge is 1.99. The molecule has 0 unspecified atom stereocenters. The summed E-state index contributed by atoms with van der Waals surface area (Å²) in [6.45, 7) is 0. The van der Waals surface area contributed by atoms with Crippen LogP contribution in [0.2, 0.25) is 0 Å². The van der Waals surface area contributed by atoms with Crippen molar-refractivity contribution in [3.8, 4) is 0 Å². The van der Waals surface area contributed by atoms with Crippen LogP contribution >= 0.6 is 22.6 Å². The fourth-order valence-electron chi connectivity index (χ4n) is 1.71. The number of imidazole rings is 1. The summed E-state index contributed by atoms with van der Waals surface area (Å²) in [5.74, 6) is 0. The molecule has 0 atom stereocenters. The van der Waals surface area contributed by atoms with E-state index >= 15 is 0 Å². The molecular weight excluding hydrogens is 325 g/mol. The second kappa shape index (κ2) is 4.37. The Labute approximate surface area is 112 Å². The summed E-state index contributed by atoms with van der Waals surface area (Å²) in [7, 11) is 0. The molecule has 0 aliphatic rings. The van der Waals surface area contributed by atoms with Crippen LogP contribution in [-0.4, -0.2) is 9.97 Å². The molecule has 3 rings (SSSR count). The van der Waals surface area contributed by atoms with Crippen LogP contribution in [0.4, 0.5) is 11.4 Å². The van der Waals surface area contributed by atoms with Gasteiger partial charge in [-0.25, -0.2) is 4.98 Å². The van der Waals surface area contributed by atoms with Crippen LogP contribution in [-0.2, 0) is 0 Å². The summed E-state index contributed by atoms with van der Waals surface area (Å²) in [5, 5.41) is 3.36. The smallest absolute Gasteiger partial charge is 0.0931 e. The Morgan fingerprint density at radius 1 is 1.00 bits per heavy atom. The number of aromatic amines is 1. The lowest BCUT2D eigenvalue weighted by Gasteiger charge is -2.06. The molecular formula is C13H10IN3. The van der Waals surface area contributed by atoms with E-state index in [0.29, 0.717) is 0 Å². The third-order valence-electron chi connectivity index (χ3n) is 2.55. The molecule has 0 spiro atoms. The van der Waals surface area contributed by atoms with Crippen molar-refractivity contribution in [2.24, 2.45) is 0 Å². The number of fused-ring (bicyclic) bond motifs is 1. The largest absolute Gasteiger partial charge is 0.355 e. The molecule has 0 aliphatic carbocycles. The van der Waals surface area contributed by atoms with E-state index in [1.165, 1.54) is 3.57 Å².